The predicted molar refractivity (Wildman–Crippen MR) is 226 cm³/mol. The summed E-state index contributed by atoms with van der Waals surface area (Å²) < 4.78 is 0. The van der Waals surface area contributed by atoms with Crippen LogP contribution in [0.2, 0.25) is 0 Å². The number of carbonyl (C=O) groups excluding carboxylic acids is 11. The quantitative estimate of drug-likeness (QED) is 0.0249. The maximum atomic E-state index is 13.0. The maximum absolute atomic E-state index is 13.0. The van der Waals surface area contributed by atoms with Crippen LogP contribution in [0.15, 0.2) is 0 Å². The Bertz CT molecular complexity index is 1560. The number of nitrogens with zero attached hydrogens (tertiary/aromatic N) is 3. The molecule has 4 unspecified atom stereocenters. The van der Waals surface area contributed by atoms with Gasteiger partial charge in [-0.3, -0.25) is 53.1 Å². The molecule has 0 saturated carbocycles. The molecule has 0 saturated heterocycles. The lowest BCUT2D eigenvalue weighted by Crippen LogP contribution is -2.50. The van der Waals surface area contributed by atoms with Crippen LogP contribution in [0.25, 0.3) is 0 Å². The molecular weight excluding hydrogens is 871 g/mol. The number of carbonyl (C=O) groups is 11. The first-order valence-electron chi connectivity index (χ1n) is 20.1. The number of amides is 5. The highest BCUT2D eigenvalue weighted by atomic mass is 33.1. The molecule has 5 amide bonds. The molecule has 0 aliphatic heterocycles. The standard InChI is InChI=1S/C38H65N9O14S2/c1-24(39-6)7-9-31(51)43-29(37(60)40-15-26(3)48)22-62-63-23-30(38(61)41-16-27(4)49)44-32(52)10-8-25(2)42-33(53)18-47(21-36(58)59)14-12-45(19-34(54)55)11-13-46(17-28(5)50)20-35(56)57/h24-25,29-30,39H,7-23H2,1-6H3,(H,40,60)(H,41,61)(H,42,53)(H,43,51)(H,44,52)(H,54,55)(H,56,57)(H,58,59)/p-3. The van der Waals surface area contributed by atoms with Crippen LogP contribution in [-0.2, 0) is 52.7 Å². The average molecular weight is 933 g/mol. The number of rotatable bonds is 37. The minimum Gasteiger partial charge on any atom is -0.549 e. The zero-order valence-electron chi connectivity index (χ0n) is 36.7. The minimum absolute atomic E-state index is 0.0208. The molecule has 358 valence electrons. The molecule has 0 aromatic carbocycles. The summed E-state index contributed by atoms with van der Waals surface area (Å²) >= 11 is 0. The number of hydrogen-bond donors (Lipinski definition) is 6. The maximum Gasteiger partial charge on any atom is 0.243 e. The molecule has 4 atom stereocenters. The molecular formula is C38H62N9O14S2-3. The number of nitrogens with one attached hydrogen (secondary N) is 6. The third-order valence-corrected chi connectivity index (χ3v) is 11.1. The summed E-state index contributed by atoms with van der Waals surface area (Å²) in [7, 11) is 3.99. The summed E-state index contributed by atoms with van der Waals surface area (Å²) in [6.07, 6.45) is 0.552. The van der Waals surface area contributed by atoms with Crippen molar-refractivity contribution < 1.29 is 68.1 Å². The number of ketones is 3. The Kier molecular flexibility index (Phi) is 30.5. The van der Waals surface area contributed by atoms with E-state index in [0.717, 1.165) is 21.6 Å². The molecule has 25 heteroatoms. The number of Topliss-reactive ketones (excluding diaryl/α,β-unsaturated/α-hetero) is 3. The normalized spacial score (nSPS) is 13.0. The number of hydrogen-bond acceptors (Lipinski definition) is 20. The van der Waals surface area contributed by atoms with Gasteiger partial charge in [0, 0.05) is 82.2 Å². The van der Waals surface area contributed by atoms with Crippen LogP contribution in [-0.4, -0.2) is 194 Å². The fourth-order valence-electron chi connectivity index (χ4n) is 5.36. The zero-order valence-corrected chi connectivity index (χ0v) is 38.3. The molecule has 0 aromatic heterocycles. The van der Waals surface area contributed by atoms with Gasteiger partial charge in [0.1, 0.15) is 29.4 Å². The van der Waals surface area contributed by atoms with Gasteiger partial charge in [-0.2, -0.15) is 0 Å². The smallest absolute Gasteiger partial charge is 0.243 e. The van der Waals surface area contributed by atoms with Crippen molar-refractivity contribution in [2.45, 2.75) is 84.5 Å². The highest BCUT2D eigenvalue weighted by molar-refractivity contribution is 8.76. The van der Waals surface area contributed by atoms with E-state index < -0.39 is 85.8 Å². The van der Waals surface area contributed by atoms with E-state index in [1.165, 1.54) is 35.5 Å². The van der Waals surface area contributed by atoms with Crippen molar-refractivity contribution in [3.05, 3.63) is 0 Å². The van der Waals surface area contributed by atoms with E-state index in [-0.39, 0.29) is 106 Å². The molecule has 0 bridgehead atoms. The predicted octanol–water partition coefficient (Wildman–Crippen LogP) is -6.83. The van der Waals surface area contributed by atoms with Crippen LogP contribution >= 0.6 is 21.6 Å². The van der Waals surface area contributed by atoms with Crippen LogP contribution in [0.3, 0.4) is 0 Å². The topological polar surface area (TPSA) is 339 Å². The molecule has 0 radical (unpaired) electrons. The van der Waals surface area contributed by atoms with Gasteiger partial charge in [-0.1, -0.05) is 21.6 Å². The lowest BCUT2D eigenvalue weighted by atomic mass is 10.1. The van der Waals surface area contributed by atoms with Gasteiger partial charge in [-0.25, -0.2) is 0 Å². The summed E-state index contributed by atoms with van der Waals surface area (Å²) in [5, 5.41) is 49.8. The molecule has 0 spiro atoms. The summed E-state index contributed by atoms with van der Waals surface area (Å²) in [4.78, 5) is 137. The molecule has 23 nitrogen and oxygen atoms in total. The lowest BCUT2D eigenvalue weighted by molar-refractivity contribution is -0.308. The Morgan fingerprint density at radius 2 is 0.873 bits per heavy atom. The van der Waals surface area contributed by atoms with Crippen molar-refractivity contribution in [3.8, 4) is 0 Å². The monoisotopic (exact) mass is 932 g/mol. The summed E-state index contributed by atoms with van der Waals surface area (Å²) in [5.41, 5.74) is 0. The molecule has 0 fully saturated rings. The van der Waals surface area contributed by atoms with E-state index in [0.29, 0.717) is 6.42 Å². The first-order valence-corrected chi connectivity index (χ1v) is 22.6. The highest BCUT2D eigenvalue weighted by Crippen LogP contribution is 2.23. The van der Waals surface area contributed by atoms with Crippen LogP contribution < -0.4 is 47.2 Å². The Hall–Kier alpha value is -4.69. The molecule has 0 heterocycles. The van der Waals surface area contributed by atoms with E-state index in [9.17, 15) is 68.1 Å². The van der Waals surface area contributed by atoms with Gasteiger partial charge in [0.15, 0.2) is 0 Å². The van der Waals surface area contributed by atoms with Crippen molar-refractivity contribution in [2.75, 3.05) is 90.5 Å². The second kappa shape index (κ2) is 32.9. The van der Waals surface area contributed by atoms with E-state index in [1.807, 2.05) is 6.92 Å². The van der Waals surface area contributed by atoms with E-state index in [2.05, 4.69) is 31.9 Å². The molecule has 0 rings (SSSR count). The second-order valence-electron chi connectivity index (χ2n) is 14.9. The average Bonchev–Trinajstić information content (AvgIpc) is 3.17. The third-order valence-electron chi connectivity index (χ3n) is 8.72. The fraction of sp³-hybridized carbons (Fsp3) is 0.711. The minimum atomic E-state index is -1.52. The van der Waals surface area contributed by atoms with Crippen LogP contribution in [0.4, 0.5) is 0 Å². The largest absolute Gasteiger partial charge is 0.549 e. The van der Waals surface area contributed by atoms with Gasteiger partial charge in [0.25, 0.3) is 0 Å². The number of aliphatic carboxylic acids is 3. The Labute approximate surface area is 375 Å². The van der Waals surface area contributed by atoms with Crippen molar-refractivity contribution in [1.82, 2.24) is 46.6 Å². The van der Waals surface area contributed by atoms with Gasteiger partial charge in [-0.15, -0.1) is 0 Å². The molecule has 0 aromatic rings. The lowest BCUT2D eigenvalue weighted by Gasteiger charge is -2.30. The van der Waals surface area contributed by atoms with Crippen LogP contribution in [0, 0.1) is 0 Å². The van der Waals surface area contributed by atoms with Gasteiger partial charge < -0.3 is 61.6 Å². The highest BCUT2D eigenvalue weighted by Gasteiger charge is 2.25. The van der Waals surface area contributed by atoms with Gasteiger partial charge in [-0.05, 0) is 54.5 Å². The Balaban J connectivity index is 5.46. The zero-order chi connectivity index (χ0) is 48.1. The Morgan fingerprint density at radius 1 is 0.492 bits per heavy atom. The van der Waals surface area contributed by atoms with Gasteiger partial charge >= 0.3 is 0 Å². The third kappa shape index (κ3) is 31.7. The van der Waals surface area contributed by atoms with Gasteiger partial charge in [0.05, 0.1) is 44.1 Å². The summed E-state index contributed by atoms with van der Waals surface area (Å²) in [5.74, 6) is -8.21. The van der Waals surface area contributed by atoms with E-state index >= 15 is 0 Å². The molecule has 0 aliphatic rings. The van der Waals surface area contributed by atoms with Crippen LogP contribution in [0.5, 0.6) is 0 Å². The van der Waals surface area contributed by atoms with Crippen molar-refractivity contribution in [1.29, 1.82) is 0 Å². The summed E-state index contributed by atoms with van der Waals surface area (Å²) in [6.45, 7) is 3.86. The molecule has 6 N–H and O–H groups in total. The second-order valence-corrected chi connectivity index (χ2v) is 17.5. The molecule has 0 aliphatic carbocycles. The van der Waals surface area contributed by atoms with Crippen molar-refractivity contribution >= 4 is 86.4 Å². The van der Waals surface area contributed by atoms with Crippen molar-refractivity contribution in [2.24, 2.45) is 0 Å². The number of carboxylic acids is 3. The van der Waals surface area contributed by atoms with E-state index in [4.69, 9.17) is 0 Å². The van der Waals surface area contributed by atoms with E-state index in [1.54, 1.807) is 14.0 Å². The Morgan fingerprint density at radius 3 is 1.25 bits per heavy atom. The SMILES string of the molecule is CNC(C)CCC(=O)NC(CSSCC(NC(=O)CCC(C)NC(=O)CN(CCN(CCN(CC(C)=O)CC(=O)[O-])CC(=O)[O-])CC(=O)[O-])C(=O)NCC(C)=O)C(=O)NCC(C)=O. The van der Waals surface area contributed by atoms with Gasteiger partial charge in [0.2, 0.25) is 29.5 Å². The van der Waals surface area contributed by atoms with Crippen LogP contribution in [0.1, 0.15) is 60.3 Å². The summed E-state index contributed by atoms with van der Waals surface area (Å²) in [6, 6.07) is -2.73. The number of carboxylic acid groups (broad SMARTS) is 3. The fourth-order valence-corrected chi connectivity index (χ4v) is 7.69. The molecule has 63 heavy (non-hydrogen) atoms. The van der Waals surface area contributed by atoms with Crippen molar-refractivity contribution in [3.63, 3.8) is 0 Å². The first kappa shape index (κ1) is 58.3. The first-order chi connectivity index (χ1) is 29.5.